The summed E-state index contributed by atoms with van der Waals surface area (Å²) in [6.07, 6.45) is 1.22. The van der Waals surface area contributed by atoms with Crippen LogP contribution >= 0.6 is 0 Å². The molecular formula is C19H19NO4. The van der Waals surface area contributed by atoms with Crippen molar-refractivity contribution in [1.29, 1.82) is 0 Å². The average Bonchev–Trinajstić information content (AvgIpc) is 2.53. The molecule has 0 aromatic heterocycles. The fourth-order valence-corrected chi connectivity index (χ4v) is 2.77. The summed E-state index contributed by atoms with van der Waals surface area (Å²) in [7, 11) is 0. The van der Waals surface area contributed by atoms with Crippen LogP contribution in [0.2, 0.25) is 0 Å². The maximum Gasteiger partial charge on any atom is 0.307 e. The Morgan fingerprint density at radius 3 is 2.38 bits per heavy atom. The minimum Gasteiger partial charge on any atom is -0.481 e. The number of carboxylic acid groups (broad SMARTS) is 1. The number of hydrogen-bond donors (Lipinski definition) is 2. The van der Waals surface area contributed by atoms with Gasteiger partial charge in [-0.2, -0.15) is 0 Å². The number of amides is 1. The highest BCUT2D eigenvalue weighted by molar-refractivity contribution is 5.86. The molecule has 0 saturated heterocycles. The molecule has 0 radical (unpaired) electrons. The lowest BCUT2D eigenvalue weighted by atomic mass is 9.73. The van der Waals surface area contributed by atoms with E-state index in [1.165, 1.54) is 0 Å². The predicted molar refractivity (Wildman–Crippen MR) is 88.7 cm³/mol. The molecule has 1 amide bonds. The number of carboxylic acids is 1. The zero-order valence-corrected chi connectivity index (χ0v) is 13.1. The highest BCUT2D eigenvalue weighted by Crippen LogP contribution is 2.34. The highest BCUT2D eigenvalue weighted by Gasteiger charge is 2.41. The third kappa shape index (κ3) is 3.74. The Morgan fingerprint density at radius 2 is 1.71 bits per heavy atom. The van der Waals surface area contributed by atoms with Crippen molar-refractivity contribution in [2.75, 3.05) is 0 Å². The lowest BCUT2D eigenvalue weighted by molar-refractivity contribution is -0.152. The normalized spacial score (nSPS) is 19.2. The molecule has 5 heteroatoms. The van der Waals surface area contributed by atoms with Crippen molar-refractivity contribution in [2.24, 2.45) is 11.8 Å². The largest absolute Gasteiger partial charge is 0.481 e. The van der Waals surface area contributed by atoms with E-state index >= 15 is 0 Å². The number of benzene rings is 2. The van der Waals surface area contributed by atoms with E-state index < -0.39 is 17.8 Å². The van der Waals surface area contributed by atoms with Gasteiger partial charge in [-0.1, -0.05) is 30.3 Å². The molecule has 2 aromatic rings. The van der Waals surface area contributed by atoms with Crippen LogP contribution < -0.4 is 10.1 Å². The number of carbonyl (C=O) groups is 2. The van der Waals surface area contributed by atoms with Crippen molar-refractivity contribution in [1.82, 2.24) is 5.32 Å². The average molecular weight is 325 g/mol. The second-order valence-electron chi connectivity index (χ2n) is 5.91. The molecule has 1 aliphatic carbocycles. The first kappa shape index (κ1) is 16.1. The number of nitrogens with one attached hydrogen (secondary N) is 1. The first-order chi connectivity index (χ1) is 11.6. The number of hydrogen-bond acceptors (Lipinski definition) is 3. The fourth-order valence-electron chi connectivity index (χ4n) is 2.77. The molecule has 1 saturated carbocycles. The minimum atomic E-state index is -0.889. The van der Waals surface area contributed by atoms with E-state index in [2.05, 4.69) is 5.32 Å². The summed E-state index contributed by atoms with van der Waals surface area (Å²) in [6, 6.07) is 16.9. The molecule has 3 rings (SSSR count). The minimum absolute atomic E-state index is 0.192. The van der Waals surface area contributed by atoms with Gasteiger partial charge in [-0.25, -0.2) is 0 Å². The molecule has 0 bridgehead atoms. The Labute approximate surface area is 140 Å². The third-order valence-electron chi connectivity index (χ3n) is 4.27. The Morgan fingerprint density at radius 1 is 1.00 bits per heavy atom. The summed E-state index contributed by atoms with van der Waals surface area (Å²) in [4.78, 5) is 23.1. The van der Waals surface area contributed by atoms with E-state index in [1.807, 2.05) is 54.6 Å². The molecule has 2 atom stereocenters. The number of carbonyl (C=O) groups excluding carboxylic acids is 1. The molecule has 1 aliphatic rings. The fraction of sp³-hybridized carbons (Fsp3) is 0.263. The van der Waals surface area contributed by atoms with Crippen LogP contribution in [0.15, 0.2) is 54.6 Å². The first-order valence-electron chi connectivity index (χ1n) is 7.96. The number of ether oxygens (including phenoxy) is 1. The molecule has 1 fully saturated rings. The van der Waals surface area contributed by atoms with Gasteiger partial charge in [0.25, 0.3) is 0 Å². The van der Waals surface area contributed by atoms with Gasteiger partial charge >= 0.3 is 5.97 Å². The zero-order chi connectivity index (χ0) is 16.9. The van der Waals surface area contributed by atoms with Crippen LogP contribution in [0.3, 0.4) is 0 Å². The van der Waals surface area contributed by atoms with Crippen LogP contribution in [0, 0.1) is 11.8 Å². The van der Waals surface area contributed by atoms with E-state index in [-0.39, 0.29) is 5.91 Å². The molecular weight excluding hydrogens is 306 g/mol. The van der Waals surface area contributed by atoms with Gasteiger partial charge < -0.3 is 15.2 Å². The second kappa shape index (κ2) is 7.17. The van der Waals surface area contributed by atoms with Crippen LogP contribution in [-0.4, -0.2) is 17.0 Å². The van der Waals surface area contributed by atoms with Crippen LogP contribution in [0.25, 0.3) is 0 Å². The monoisotopic (exact) mass is 325 g/mol. The van der Waals surface area contributed by atoms with Gasteiger partial charge in [-0.05, 0) is 42.7 Å². The molecule has 2 N–H and O–H groups in total. The van der Waals surface area contributed by atoms with Crippen molar-refractivity contribution >= 4 is 11.9 Å². The first-order valence-corrected chi connectivity index (χ1v) is 7.96. The van der Waals surface area contributed by atoms with Crippen LogP contribution in [0.4, 0.5) is 0 Å². The van der Waals surface area contributed by atoms with E-state index in [0.717, 1.165) is 11.3 Å². The summed E-state index contributed by atoms with van der Waals surface area (Å²) in [5, 5.41) is 11.8. The highest BCUT2D eigenvalue weighted by atomic mass is 16.5. The van der Waals surface area contributed by atoms with Crippen molar-refractivity contribution in [3.8, 4) is 11.5 Å². The van der Waals surface area contributed by atoms with Crippen LogP contribution in [-0.2, 0) is 16.1 Å². The van der Waals surface area contributed by atoms with E-state index in [9.17, 15) is 9.59 Å². The van der Waals surface area contributed by atoms with Crippen LogP contribution in [0.1, 0.15) is 18.4 Å². The third-order valence-corrected chi connectivity index (χ3v) is 4.27. The molecule has 5 nitrogen and oxygen atoms in total. The standard InChI is InChI=1S/C19H19NO4/c21-18(16-9-10-17(16)19(22)23)20-12-13-5-4-8-15(11-13)24-14-6-2-1-3-7-14/h1-8,11,16-17H,9-10,12H2,(H,20,21)(H,22,23). The summed E-state index contributed by atoms with van der Waals surface area (Å²) < 4.78 is 5.76. The van der Waals surface area contributed by atoms with Crippen molar-refractivity contribution in [2.45, 2.75) is 19.4 Å². The number of rotatable bonds is 6. The topological polar surface area (TPSA) is 75.6 Å². The molecule has 0 heterocycles. The SMILES string of the molecule is O=C(O)C1CCC1C(=O)NCc1cccc(Oc2ccccc2)c1. The Kier molecular flexibility index (Phi) is 4.79. The van der Waals surface area contributed by atoms with Crippen LogP contribution in [0.5, 0.6) is 11.5 Å². The molecule has 2 aromatic carbocycles. The lowest BCUT2D eigenvalue weighted by Crippen LogP contribution is -2.43. The van der Waals surface area contributed by atoms with Gasteiger partial charge in [0.05, 0.1) is 11.8 Å². The maximum atomic E-state index is 12.1. The molecule has 0 spiro atoms. The molecule has 2 unspecified atom stereocenters. The predicted octanol–water partition coefficient (Wildman–Crippen LogP) is 3.21. The Bertz CT molecular complexity index is 729. The van der Waals surface area contributed by atoms with Crippen molar-refractivity contribution in [3.63, 3.8) is 0 Å². The molecule has 124 valence electrons. The maximum absolute atomic E-state index is 12.1. The quantitative estimate of drug-likeness (QED) is 0.855. The molecule has 24 heavy (non-hydrogen) atoms. The zero-order valence-electron chi connectivity index (χ0n) is 13.1. The summed E-state index contributed by atoms with van der Waals surface area (Å²) in [6.45, 7) is 0.355. The van der Waals surface area contributed by atoms with E-state index in [1.54, 1.807) is 0 Å². The number of para-hydroxylation sites is 1. The van der Waals surface area contributed by atoms with Crippen molar-refractivity contribution < 1.29 is 19.4 Å². The smallest absolute Gasteiger partial charge is 0.307 e. The van der Waals surface area contributed by atoms with Crippen molar-refractivity contribution in [3.05, 3.63) is 60.2 Å². The van der Waals surface area contributed by atoms with Gasteiger partial charge in [0, 0.05) is 6.54 Å². The second-order valence-corrected chi connectivity index (χ2v) is 5.91. The van der Waals surface area contributed by atoms with E-state index in [4.69, 9.17) is 9.84 Å². The van der Waals surface area contributed by atoms with Gasteiger partial charge in [0.2, 0.25) is 5.91 Å². The summed E-state index contributed by atoms with van der Waals surface area (Å²) in [5.41, 5.74) is 0.906. The van der Waals surface area contributed by atoms with Gasteiger partial charge in [-0.15, -0.1) is 0 Å². The van der Waals surface area contributed by atoms with Gasteiger partial charge in [0.1, 0.15) is 11.5 Å². The Balaban J connectivity index is 1.57. The number of aliphatic carboxylic acids is 1. The summed E-state index contributed by atoms with van der Waals surface area (Å²) in [5.74, 6) is -0.593. The van der Waals surface area contributed by atoms with Gasteiger partial charge in [-0.3, -0.25) is 9.59 Å². The van der Waals surface area contributed by atoms with Gasteiger partial charge in [0.15, 0.2) is 0 Å². The Hall–Kier alpha value is -2.82. The lowest BCUT2D eigenvalue weighted by Gasteiger charge is -2.31. The molecule has 0 aliphatic heterocycles. The van der Waals surface area contributed by atoms with E-state index in [0.29, 0.717) is 25.1 Å². The summed E-state index contributed by atoms with van der Waals surface area (Å²) >= 11 is 0.